The lowest BCUT2D eigenvalue weighted by Crippen LogP contribution is -2.20. The van der Waals surface area contributed by atoms with Gasteiger partial charge in [-0.3, -0.25) is 9.59 Å². The highest BCUT2D eigenvalue weighted by Gasteiger charge is 2.12. The topological polar surface area (TPSA) is 112 Å². The molecule has 0 spiro atoms. The Morgan fingerprint density at radius 2 is 1.91 bits per heavy atom. The number of nitrogens with zero attached hydrogens (tertiary/aromatic N) is 3. The Morgan fingerprint density at radius 3 is 2.65 bits per heavy atom. The number of carbonyl (C=O) groups is 2. The van der Waals surface area contributed by atoms with E-state index in [1.54, 1.807) is 30.3 Å². The van der Waals surface area contributed by atoms with Crippen molar-refractivity contribution < 1.29 is 19.1 Å². The number of hydrogen-bond acceptors (Lipinski definition) is 8. The quantitative estimate of drug-likeness (QED) is 0.386. The summed E-state index contributed by atoms with van der Waals surface area (Å²) in [4.78, 5) is 41.5. The van der Waals surface area contributed by atoms with Gasteiger partial charge in [0.2, 0.25) is 4.96 Å². The highest BCUT2D eigenvalue weighted by atomic mass is 32.1. The van der Waals surface area contributed by atoms with Gasteiger partial charge in [0.25, 0.3) is 11.5 Å². The minimum Gasteiger partial charge on any atom is -0.484 e. The summed E-state index contributed by atoms with van der Waals surface area (Å²) in [5, 5.41) is 7.70. The third-order valence-corrected chi connectivity index (χ3v) is 5.81. The number of amides is 1. The Hall–Kier alpha value is -4.05. The van der Waals surface area contributed by atoms with Gasteiger partial charge in [0.15, 0.2) is 6.61 Å². The second-order valence-electron chi connectivity index (χ2n) is 7.44. The molecule has 174 valence electrons. The number of esters is 1. The SMILES string of the molecule is CCc1nn2c(=O)cc(COC(=O)c3ccc(NC(=O)COc4cccc(C)c4)cc3)nc2s1. The van der Waals surface area contributed by atoms with Crippen molar-refractivity contribution in [2.75, 3.05) is 11.9 Å². The largest absolute Gasteiger partial charge is 0.484 e. The Labute approximate surface area is 199 Å². The number of aryl methyl sites for hydroxylation is 2. The maximum absolute atomic E-state index is 12.4. The van der Waals surface area contributed by atoms with Crippen LogP contribution >= 0.6 is 11.3 Å². The lowest BCUT2D eigenvalue weighted by molar-refractivity contribution is -0.118. The van der Waals surface area contributed by atoms with Crippen LogP contribution in [0.15, 0.2) is 59.4 Å². The van der Waals surface area contributed by atoms with Crippen molar-refractivity contribution >= 4 is 33.9 Å². The summed E-state index contributed by atoms with van der Waals surface area (Å²) in [6.45, 7) is 3.61. The highest BCUT2D eigenvalue weighted by Crippen LogP contribution is 2.15. The van der Waals surface area contributed by atoms with E-state index in [0.717, 1.165) is 10.6 Å². The van der Waals surface area contributed by atoms with Gasteiger partial charge in [-0.25, -0.2) is 9.78 Å². The maximum atomic E-state index is 12.4. The monoisotopic (exact) mass is 478 g/mol. The predicted octanol–water partition coefficient (Wildman–Crippen LogP) is 3.40. The second-order valence-corrected chi connectivity index (χ2v) is 8.48. The van der Waals surface area contributed by atoms with Crippen molar-refractivity contribution in [1.29, 1.82) is 0 Å². The van der Waals surface area contributed by atoms with Crippen LogP contribution in [-0.4, -0.2) is 33.1 Å². The number of benzene rings is 2. The molecule has 0 atom stereocenters. The Morgan fingerprint density at radius 1 is 1.12 bits per heavy atom. The van der Waals surface area contributed by atoms with Crippen LogP contribution in [0.25, 0.3) is 4.96 Å². The predicted molar refractivity (Wildman–Crippen MR) is 127 cm³/mol. The molecule has 10 heteroatoms. The van der Waals surface area contributed by atoms with E-state index in [9.17, 15) is 14.4 Å². The van der Waals surface area contributed by atoms with Crippen molar-refractivity contribution in [1.82, 2.24) is 14.6 Å². The van der Waals surface area contributed by atoms with Crippen LogP contribution in [0.5, 0.6) is 5.75 Å². The van der Waals surface area contributed by atoms with Gasteiger partial charge in [-0.15, -0.1) is 0 Å². The van der Waals surface area contributed by atoms with Crippen molar-refractivity contribution in [3.05, 3.63) is 86.8 Å². The molecule has 0 aliphatic carbocycles. The third-order valence-electron chi connectivity index (χ3n) is 4.76. The van der Waals surface area contributed by atoms with Crippen molar-refractivity contribution in [2.24, 2.45) is 0 Å². The molecule has 4 rings (SSSR count). The molecule has 0 aliphatic rings. The molecule has 9 nitrogen and oxygen atoms in total. The normalized spacial score (nSPS) is 10.8. The first kappa shape index (κ1) is 23.1. The molecule has 1 N–H and O–H groups in total. The molecule has 2 aromatic carbocycles. The first-order valence-corrected chi connectivity index (χ1v) is 11.4. The molecule has 1 amide bonds. The number of hydrogen-bond donors (Lipinski definition) is 1. The van der Waals surface area contributed by atoms with E-state index in [1.165, 1.54) is 21.9 Å². The average molecular weight is 479 g/mol. The molecular formula is C24H22N4O5S. The van der Waals surface area contributed by atoms with E-state index in [-0.39, 0.29) is 24.7 Å². The van der Waals surface area contributed by atoms with Crippen molar-refractivity contribution in [3.8, 4) is 5.75 Å². The van der Waals surface area contributed by atoms with Gasteiger partial charge < -0.3 is 14.8 Å². The van der Waals surface area contributed by atoms with E-state index < -0.39 is 5.97 Å². The molecule has 0 aliphatic heterocycles. The van der Waals surface area contributed by atoms with Crippen LogP contribution in [0.2, 0.25) is 0 Å². The minimum absolute atomic E-state index is 0.135. The molecule has 0 radical (unpaired) electrons. The molecule has 2 aromatic heterocycles. The molecule has 0 saturated heterocycles. The van der Waals surface area contributed by atoms with Crippen LogP contribution in [0.3, 0.4) is 0 Å². The standard InChI is InChI=1S/C24H22N4O5S/c1-3-21-27-28-22(30)12-18(26-24(28)34-21)13-33-23(31)16-7-9-17(10-8-16)25-20(29)14-32-19-6-4-5-15(2)11-19/h4-12H,3,13-14H2,1-2H3,(H,25,29). The third kappa shape index (κ3) is 5.65. The lowest BCUT2D eigenvalue weighted by atomic mass is 10.2. The molecule has 34 heavy (non-hydrogen) atoms. The van der Waals surface area contributed by atoms with Crippen molar-refractivity contribution in [2.45, 2.75) is 26.9 Å². The summed E-state index contributed by atoms with van der Waals surface area (Å²) in [5.41, 5.74) is 1.89. The van der Waals surface area contributed by atoms with Crippen LogP contribution in [0.4, 0.5) is 5.69 Å². The zero-order valence-corrected chi connectivity index (χ0v) is 19.4. The van der Waals surface area contributed by atoms with E-state index in [2.05, 4.69) is 15.4 Å². The Balaban J connectivity index is 1.31. The molecule has 0 fully saturated rings. The van der Waals surface area contributed by atoms with Crippen LogP contribution in [0, 0.1) is 6.92 Å². The average Bonchev–Trinajstić information content (AvgIpc) is 3.26. The number of ether oxygens (including phenoxy) is 2. The van der Waals surface area contributed by atoms with Crippen LogP contribution < -0.4 is 15.6 Å². The summed E-state index contributed by atoms with van der Waals surface area (Å²) in [5.74, 6) is -0.272. The van der Waals surface area contributed by atoms with Gasteiger partial charge in [-0.2, -0.15) is 9.61 Å². The van der Waals surface area contributed by atoms with E-state index in [4.69, 9.17) is 9.47 Å². The number of fused-ring (bicyclic) bond motifs is 1. The van der Waals surface area contributed by atoms with Gasteiger partial charge in [-0.1, -0.05) is 30.4 Å². The fourth-order valence-corrected chi connectivity index (χ4v) is 3.93. The summed E-state index contributed by atoms with van der Waals surface area (Å²) in [6.07, 6.45) is 0.702. The van der Waals surface area contributed by atoms with Gasteiger partial charge in [-0.05, 0) is 55.3 Å². The maximum Gasteiger partial charge on any atom is 0.338 e. The molecular weight excluding hydrogens is 456 g/mol. The molecule has 2 heterocycles. The summed E-state index contributed by atoms with van der Waals surface area (Å²) < 4.78 is 12.0. The molecule has 0 bridgehead atoms. The van der Waals surface area contributed by atoms with Gasteiger partial charge >= 0.3 is 5.97 Å². The number of aromatic nitrogens is 3. The molecule has 4 aromatic rings. The van der Waals surface area contributed by atoms with Crippen LogP contribution in [0.1, 0.15) is 33.5 Å². The first-order chi connectivity index (χ1) is 16.4. The van der Waals surface area contributed by atoms with E-state index in [0.29, 0.717) is 34.1 Å². The fraction of sp³-hybridized carbons (Fsp3) is 0.208. The van der Waals surface area contributed by atoms with E-state index >= 15 is 0 Å². The zero-order chi connectivity index (χ0) is 24.1. The molecule has 0 unspecified atom stereocenters. The lowest BCUT2D eigenvalue weighted by Gasteiger charge is -2.09. The second kappa shape index (κ2) is 10.3. The summed E-state index contributed by atoms with van der Waals surface area (Å²) >= 11 is 1.32. The number of anilines is 1. The smallest absolute Gasteiger partial charge is 0.338 e. The van der Waals surface area contributed by atoms with Crippen molar-refractivity contribution in [3.63, 3.8) is 0 Å². The van der Waals surface area contributed by atoms with Gasteiger partial charge in [0, 0.05) is 11.8 Å². The number of rotatable bonds is 8. The number of nitrogens with one attached hydrogen (secondary N) is 1. The summed E-state index contributed by atoms with van der Waals surface area (Å²) in [7, 11) is 0. The summed E-state index contributed by atoms with van der Waals surface area (Å²) in [6, 6.07) is 15.0. The first-order valence-electron chi connectivity index (χ1n) is 10.6. The zero-order valence-electron chi connectivity index (χ0n) is 18.6. The number of carbonyl (C=O) groups excluding carboxylic acids is 2. The Bertz CT molecular complexity index is 1390. The van der Waals surface area contributed by atoms with E-state index in [1.807, 2.05) is 32.0 Å². The fourth-order valence-electron chi connectivity index (χ4n) is 3.08. The minimum atomic E-state index is -0.568. The molecule has 0 saturated carbocycles. The van der Waals surface area contributed by atoms with Gasteiger partial charge in [0.05, 0.1) is 11.3 Å². The van der Waals surface area contributed by atoms with Gasteiger partial charge in [0.1, 0.15) is 17.4 Å². The van der Waals surface area contributed by atoms with Crippen LogP contribution in [-0.2, 0) is 22.6 Å². The Kier molecular flexibility index (Phi) is 6.98. The highest BCUT2D eigenvalue weighted by molar-refractivity contribution is 7.16.